The molecule has 27 heavy (non-hydrogen) atoms. The van der Waals surface area contributed by atoms with Crippen LogP contribution in [0.15, 0.2) is 35.6 Å². The first-order valence-electron chi connectivity index (χ1n) is 11.1. The Morgan fingerprint density at radius 1 is 1.33 bits per heavy atom. The molecule has 4 rings (SSSR count). The van der Waals surface area contributed by atoms with Gasteiger partial charge in [0.15, 0.2) is 0 Å². The van der Waals surface area contributed by atoms with Gasteiger partial charge in [-0.25, -0.2) is 0 Å². The normalized spacial score (nSPS) is 40.7. The molecule has 0 aromatic heterocycles. The molecule has 2 saturated carbocycles. The van der Waals surface area contributed by atoms with E-state index < -0.39 is 5.60 Å². The summed E-state index contributed by atoms with van der Waals surface area (Å²) in [6.45, 7) is 7.62. The van der Waals surface area contributed by atoms with Gasteiger partial charge >= 0.3 is 0 Å². The van der Waals surface area contributed by atoms with Gasteiger partial charge in [-0.05, 0) is 75.2 Å². The van der Waals surface area contributed by atoms with E-state index in [1.807, 2.05) is 6.08 Å². The Morgan fingerprint density at radius 3 is 2.93 bits per heavy atom. The second kappa shape index (κ2) is 7.40. The van der Waals surface area contributed by atoms with Crippen LogP contribution in [0.1, 0.15) is 64.7 Å². The average Bonchev–Trinajstić information content (AvgIpc) is 3.00. The van der Waals surface area contributed by atoms with E-state index in [-0.39, 0.29) is 5.41 Å². The minimum atomic E-state index is -0.551. The smallest absolute Gasteiger partial charge is 0.0959 e. The summed E-state index contributed by atoms with van der Waals surface area (Å²) in [5, 5.41) is 15.2. The number of ether oxygens (including phenoxy) is 1. The van der Waals surface area contributed by atoms with E-state index in [0.29, 0.717) is 12.5 Å². The predicted octanol–water partition coefficient (Wildman–Crippen LogP) is 4.74. The van der Waals surface area contributed by atoms with E-state index >= 15 is 0 Å². The van der Waals surface area contributed by atoms with E-state index in [1.165, 1.54) is 32.1 Å². The zero-order valence-electron chi connectivity index (χ0n) is 17.2. The van der Waals surface area contributed by atoms with Crippen molar-refractivity contribution in [2.75, 3.05) is 20.2 Å². The molecule has 0 heterocycles. The van der Waals surface area contributed by atoms with Crippen molar-refractivity contribution >= 4 is 0 Å². The highest BCUT2D eigenvalue weighted by Gasteiger charge is 2.62. The molecule has 0 saturated heterocycles. The van der Waals surface area contributed by atoms with Gasteiger partial charge in [0, 0.05) is 24.9 Å². The topological polar surface area (TPSA) is 41.5 Å². The lowest BCUT2D eigenvalue weighted by Crippen LogP contribution is -2.56. The van der Waals surface area contributed by atoms with E-state index in [2.05, 4.69) is 24.9 Å². The number of allylic oxidation sites excluding steroid dienone is 3. The van der Waals surface area contributed by atoms with Gasteiger partial charge in [0.2, 0.25) is 0 Å². The number of hydrogen-bond donors (Lipinski definition) is 2. The Hall–Kier alpha value is -1.06. The maximum Gasteiger partial charge on any atom is 0.0959 e. The number of nitrogens with one attached hydrogen (secondary N) is 1. The molecule has 2 fully saturated rings. The Balaban J connectivity index is 1.57. The van der Waals surface area contributed by atoms with Crippen LogP contribution in [0, 0.1) is 23.2 Å². The summed E-state index contributed by atoms with van der Waals surface area (Å²) >= 11 is 0. The molecule has 0 spiro atoms. The average molecular weight is 372 g/mol. The molecule has 4 aliphatic rings. The maximum atomic E-state index is 11.7. The van der Waals surface area contributed by atoms with E-state index in [1.54, 1.807) is 18.3 Å². The van der Waals surface area contributed by atoms with Crippen molar-refractivity contribution in [3.8, 4) is 0 Å². The Kier molecular flexibility index (Phi) is 5.28. The molecule has 0 amide bonds. The summed E-state index contributed by atoms with van der Waals surface area (Å²) in [4.78, 5) is 0. The van der Waals surface area contributed by atoms with Crippen LogP contribution in [-0.2, 0) is 4.74 Å². The van der Waals surface area contributed by atoms with Gasteiger partial charge < -0.3 is 15.2 Å². The summed E-state index contributed by atoms with van der Waals surface area (Å²) in [5.74, 6) is 3.35. The molecular formula is C24H37NO2. The molecule has 0 aromatic carbocycles. The maximum absolute atomic E-state index is 11.7. The summed E-state index contributed by atoms with van der Waals surface area (Å²) in [7, 11) is 1.80. The third-order valence-electron chi connectivity index (χ3n) is 8.66. The van der Waals surface area contributed by atoms with Gasteiger partial charge in [-0.15, -0.1) is 6.58 Å². The first-order chi connectivity index (χ1) is 13.1. The number of hydrogen-bond acceptors (Lipinski definition) is 3. The van der Waals surface area contributed by atoms with Crippen LogP contribution in [0.5, 0.6) is 0 Å². The fourth-order valence-corrected chi connectivity index (χ4v) is 7.39. The van der Waals surface area contributed by atoms with Crippen molar-refractivity contribution < 1.29 is 9.84 Å². The molecule has 0 radical (unpaired) electrons. The second-order valence-corrected chi connectivity index (χ2v) is 9.34. The van der Waals surface area contributed by atoms with E-state index in [4.69, 9.17) is 4.74 Å². The molecule has 0 aliphatic heterocycles. The largest absolute Gasteiger partial charge is 0.501 e. The van der Waals surface area contributed by atoms with E-state index in [9.17, 15) is 5.11 Å². The van der Waals surface area contributed by atoms with Crippen molar-refractivity contribution in [3.05, 3.63) is 35.6 Å². The Labute approximate surface area is 164 Å². The summed E-state index contributed by atoms with van der Waals surface area (Å²) < 4.78 is 5.53. The van der Waals surface area contributed by atoms with Gasteiger partial charge in [-0.3, -0.25) is 0 Å². The first-order valence-corrected chi connectivity index (χ1v) is 11.1. The first kappa shape index (κ1) is 19.3. The quantitative estimate of drug-likeness (QED) is 0.523. The number of rotatable bonds is 6. The molecule has 0 bridgehead atoms. The molecule has 0 unspecified atom stereocenters. The lowest BCUT2D eigenvalue weighted by atomic mass is 9.51. The molecule has 3 nitrogen and oxygen atoms in total. The van der Waals surface area contributed by atoms with Crippen molar-refractivity contribution in [2.45, 2.75) is 70.3 Å². The highest BCUT2D eigenvalue weighted by molar-refractivity contribution is 5.33. The van der Waals surface area contributed by atoms with Crippen LogP contribution in [0.4, 0.5) is 0 Å². The molecule has 0 aromatic rings. The highest BCUT2D eigenvalue weighted by atomic mass is 16.5. The van der Waals surface area contributed by atoms with Gasteiger partial charge in [0.1, 0.15) is 0 Å². The summed E-state index contributed by atoms with van der Waals surface area (Å²) in [6, 6.07) is 0. The number of aliphatic hydroxyl groups is 1. The van der Waals surface area contributed by atoms with Gasteiger partial charge in [-0.1, -0.05) is 24.1 Å². The SMILES string of the molecule is C=CCNC[C@]1(O)CC[C@H]2[C@@H]3CCC4=C(CC=C(OC)C4)[C@H]3CC[C@@]21CC. The van der Waals surface area contributed by atoms with Crippen molar-refractivity contribution in [2.24, 2.45) is 23.2 Å². The van der Waals surface area contributed by atoms with Crippen molar-refractivity contribution in [3.63, 3.8) is 0 Å². The third-order valence-corrected chi connectivity index (χ3v) is 8.66. The van der Waals surface area contributed by atoms with Crippen molar-refractivity contribution in [1.82, 2.24) is 5.32 Å². The van der Waals surface area contributed by atoms with Crippen LogP contribution < -0.4 is 5.32 Å². The molecule has 4 aliphatic carbocycles. The molecule has 2 N–H and O–H groups in total. The van der Waals surface area contributed by atoms with Gasteiger partial charge in [-0.2, -0.15) is 0 Å². The zero-order chi connectivity index (χ0) is 19.1. The Morgan fingerprint density at radius 2 is 2.19 bits per heavy atom. The monoisotopic (exact) mass is 371 g/mol. The van der Waals surface area contributed by atoms with Crippen LogP contribution in [-0.4, -0.2) is 30.9 Å². The van der Waals surface area contributed by atoms with Crippen LogP contribution in [0.3, 0.4) is 0 Å². The summed E-state index contributed by atoms with van der Waals surface area (Å²) in [5.41, 5.74) is 2.95. The second-order valence-electron chi connectivity index (χ2n) is 9.34. The number of methoxy groups -OCH3 is 1. The fraction of sp³-hybridized carbons (Fsp3) is 0.750. The van der Waals surface area contributed by atoms with Gasteiger partial charge in [0.25, 0.3) is 0 Å². The fourth-order valence-electron chi connectivity index (χ4n) is 7.39. The molecule has 150 valence electrons. The summed E-state index contributed by atoms with van der Waals surface area (Å²) in [6.07, 6.45) is 14.6. The molecule has 5 atom stereocenters. The standard InChI is InChI=1S/C24H37NO2/c1-4-14-25-16-24(26)13-11-22-21-8-6-17-15-18(27-3)7-9-19(17)20(21)10-12-23(22,24)5-2/h4,7,20-22,25-26H,1,5-6,8-16H2,2-3H3/t20-,21-,22+,23+,24-/m1/s1. The van der Waals surface area contributed by atoms with Crippen LogP contribution >= 0.6 is 0 Å². The van der Waals surface area contributed by atoms with Crippen LogP contribution in [0.25, 0.3) is 0 Å². The minimum Gasteiger partial charge on any atom is -0.501 e. The highest BCUT2D eigenvalue weighted by Crippen LogP contribution is 2.65. The molecular weight excluding hydrogens is 334 g/mol. The van der Waals surface area contributed by atoms with Crippen molar-refractivity contribution in [1.29, 1.82) is 0 Å². The third kappa shape index (κ3) is 2.93. The zero-order valence-corrected chi connectivity index (χ0v) is 17.2. The predicted molar refractivity (Wildman–Crippen MR) is 110 cm³/mol. The van der Waals surface area contributed by atoms with Crippen LogP contribution in [0.2, 0.25) is 0 Å². The lowest BCUT2D eigenvalue weighted by molar-refractivity contribution is -0.118. The van der Waals surface area contributed by atoms with Gasteiger partial charge in [0.05, 0.1) is 18.5 Å². The Bertz CT molecular complexity index is 651. The minimum absolute atomic E-state index is 0.0998. The lowest BCUT2D eigenvalue weighted by Gasteiger charge is -2.55. The van der Waals surface area contributed by atoms with E-state index in [0.717, 1.165) is 49.8 Å². The number of fused-ring (bicyclic) bond motifs is 4. The molecule has 3 heteroatoms.